The molecule has 19 nitrogen and oxygen atoms in total. The summed E-state index contributed by atoms with van der Waals surface area (Å²) in [4.78, 5) is 103. The number of carbonyl (C=O) groups is 8. The normalized spacial score (nSPS) is 16.1. The van der Waals surface area contributed by atoms with Crippen LogP contribution < -0.4 is 43.4 Å². The zero-order chi connectivity index (χ0) is 43.0. The highest BCUT2D eigenvalue weighted by Crippen LogP contribution is 2.13. The third kappa shape index (κ3) is 16.2. The second kappa shape index (κ2) is 22.9. The molecule has 1 rings (SSSR count). The Kier molecular flexibility index (Phi) is 19.9. The number of hydrogen-bond acceptors (Lipinski definition) is 11. The molecule has 1 aromatic carbocycles. The van der Waals surface area contributed by atoms with Crippen LogP contribution in [-0.2, 0) is 44.8 Å². The molecule has 9 unspecified atom stereocenters. The number of aliphatic hydroxyl groups is 1. The van der Waals surface area contributed by atoms with E-state index in [9.17, 15) is 53.7 Å². The maximum atomic E-state index is 13.6. The van der Waals surface area contributed by atoms with Crippen molar-refractivity contribution in [1.82, 2.24) is 31.9 Å². The number of rotatable bonds is 23. The van der Waals surface area contributed by atoms with E-state index in [1.165, 1.54) is 26.0 Å². The number of aliphatic carboxylic acids is 1. The number of aromatic hydroxyl groups is 1. The molecule has 56 heavy (non-hydrogen) atoms. The Bertz CT molecular complexity index is 1540. The molecule has 1 aromatic rings. The highest BCUT2D eigenvalue weighted by atomic mass is 16.4. The smallest absolute Gasteiger partial charge is 0.305 e. The lowest BCUT2D eigenvalue weighted by Gasteiger charge is -2.29. The van der Waals surface area contributed by atoms with Crippen LogP contribution in [-0.4, -0.2) is 111 Å². The molecule has 0 aliphatic carbocycles. The molecule has 0 aliphatic heterocycles. The average molecular weight is 793 g/mol. The Morgan fingerprint density at radius 3 is 1.64 bits per heavy atom. The van der Waals surface area contributed by atoms with E-state index in [0.29, 0.717) is 12.0 Å². The van der Waals surface area contributed by atoms with Crippen LogP contribution >= 0.6 is 0 Å². The van der Waals surface area contributed by atoms with Crippen LogP contribution in [0.2, 0.25) is 0 Å². The first-order valence-electron chi connectivity index (χ1n) is 18.5. The number of hydrogen-bond donors (Lipinski definition) is 11. The second-order valence-corrected chi connectivity index (χ2v) is 14.8. The van der Waals surface area contributed by atoms with Gasteiger partial charge in [0.2, 0.25) is 41.4 Å². The van der Waals surface area contributed by atoms with Gasteiger partial charge in [0.1, 0.15) is 42.0 Å². The number of benzene rings is 1. The minimum Gasteiger partial charge on any atom is -0.508 e. The minimum atomic E-state index is -1.78. The molecule has 0 saturated carbocycles. The van der Waals surface area contributed by atoms with Gasteiger partial charge in [-0.3, -0.25) is 38.4 Å². The molecule has 0 fully saturated rings. The SMILES string of the molecule is CCC(C)C(NC(=O)C(C)NC(=O)C(NC(=O)C(CC(C)C)NC(=O)C(CC(=O)O)NC(=O)C(NC(=O)C(N)Cc1ccc(O)cc1)C(C)O)C(C)C)C(N)=O. The first-order chi connectivity index (χ1) is 26.0. The van der Waals surface area contributed by atoms with Gasteiger partial charge in [0.25, 0.3) is 0 Å². The van der Waals surface area contributed by atoms with Crippen LogP contribution in [0.4, 0.5) is 0 Å². The maximum Gasteiger partial charge on any atom is 0.305 e. The lowest BCUT2D eigenvalue weighted by Crippen LogP contribution is -2.61. The van der Waals surface area contributed by atoms with Crippen LogP contribution in [0.5, 0.6) is 5.75 Å². The van der Waals surface area contributed by atoms with Crippen molar-refractivity contribution in [3.63, 3.8) is 0 Å². The van der Waals surface area contributed by atoms with Gasteiger partial charge in [-0.2, -0.15) is 0 Å². The third-order valence-electron chi connectivity index (χ3n) is 8.96. The quantitative estimate of drug-likeness (QED) is 0.0590. The molecule has 0 aromatic heterocycles. The van der Waals surface area contributed by atoms with Gasteiger partial charge >= 0.3 is 5.97 Å². The van der Waals surface area contributed by atoms with Gasteiger partial charge in [-0.05, 0) is 62.1 Å². The summed E-state index contributed by atoms with van der Waals surface area (Å²) >= 11 is 0. The minimum absolute atomic E-state index is 0.00357. The van der Waals surface area contributed by atoms with Gasteiger partial charge in [0.05, 0.1) is 18.6 Å². The molecule has 0 bridgehead atoms. The van der Waals surface area contributed by atoms with Crippen molar-refractivity contribution in [2.24, 2.45) is 29.2 Å². The monoisotopic (exact) mass is 792 g/mol. The Balaban J connectivity index is 3.15. The maximum absolute atomic E-state index is 13.6. The van der Waals surface area contributed by atoms with E-state index in [0.717, 1.165) is 0 Å². The summed E-state index contributed by atoms with van der Waals surface area (Å²) in [7, 11) is 0. The predicted molar refractivity (Wildman–Crippen MR) is 204 cm³/mol. The number of carboxylic acid groups (broad SMARTS) is 1. The zero-order valence-electron chi connectivity index (χ0n) is 33.3. The number of aliphatic hydroxyl groups excluding tert-OH is 1. The number of phenolic OH excluding ortho intramolecular Hbond substituents is 1. The topological polar surface area (TPSA) is 321 Å². The molecule has 9 atom stereocenters. The lowest BCUT2D eigenvalue weighted by molar-refractivity contribution is -0.142. The van der Waals surface area contributed by atoms with Gasteiger partial charge in [-0.1, -0.05) is 60.1 Å². The fraction of sp³-hybridized carbons (Fsp3) is 0.622. The molecule has 0 saturated heterocycles. The molecule has 0 radical (unpaired) electrons. The summed E-state index contributed by atoms with van der Waals surface area (Å²) in [6.45, 7) is 12.9. The third-order valence-corrected chi connectivity index (χ3v) is 8.96. The van der Waals surface area contributed by atoms with Gasteiger partial charge in [-0.15, -0.1) is 0 Å². The highest BCUT2D eigenvalue weighted by molar-refractivity contribution is 5.98. The molecule has 0 heterocycles. The highest BCUT2D eigenvalue weighted by Gasteiger charge is 2.36. The molecule has 0 aliphatic rings. The van der Waals surface area contributed by atoms with E-state index in [1.54, 1.807) is 46.8 Å². The number of amides is 7. The van der Waals surface area contributed by atoms with E-state index in [1.807, 2.05) is 6.92 Å². The average Bonchev–Trinajstić information content (AvgIpc) is 3.10. The zero-order valence-corrected chi connectivity index (χ0v) is 33.3. The molecule has 13 N–H and O–H groups in total. The summed E-state index contributed by atoms with van der Waals surface area (Å²) in [5.41, 5.74) is 12.0. The van der Waals surface area contributed by atoms with Crippen molar-refractivity contribution < 1.29 is 53.7 Å². The summed E-state index contributed by atoms with van der Waals surface area (Å²) < 4.78 is 0. The van der Waals surface area contributed by atoms with Crippen LogP contribution in [0.25, 0.3) is 0 Å². The van der Waals surface area contributed by atoms with Crippen LogP contribution in [0.3, 0.4) is 0 Å². The molecular formula is C37H60N8O11. The molecule has 314 valence electrons. The summed E-state index contributed by atoms with van der Waals surface area (Å²) in [5, 5.41) is 44.0. The van der Waals surface area contributed by atoms with Gasteiger partial charge < -0.3 is 58.7 Å². The molecule has 0 spiro atoms. The first kappa shape index (κ1) is 48.7. The van der Waals surface area contributed by atoms with Crippen molar-refractivity contribution in [3.05, 3.63) is 29.8 Å². The molecule has 7 amide bonds. The Hall–Kier alpha value is -5.30. The number of carbonyl (C=O) groups excluding carboxylic acids is 7. The van der Waals surface area contributed by atoms with E-state index in [2.05, 4.69) is 31.9 Å². The van der Waals surface area contributed by atoms with Crippen molar-refractivity contribution >= 4 is 47.3 Å². The fourth-order valence-electron chi connectivity index (χ4n) is 5.43. The Morgan fingerprint density at radius 2 is 1.16 bits per heavy atom. The lowest BCUT2D eigenvalue weighted by atomic mass is 9.98. The van der Waals surface area contributed by atoms with Gasteiger partial charge in [-0.25, -0.2) is 0 Å². The van der Waals surface area contributed by atoms with E-state index in [-0.39, 0.29) is 30.4 Å². The van der Waals surface area contributed by atoms with Gasteiger partial charge in [0, 0.05) is 0 Å². The van der Waals surface area contributed by atoms with Crippen LogP contribution in [0, 0.1) is 17.8 Å². The Labute approximate surface area is 326 Å². The molecule has 19 heteroatoms. The van der Waals surface area contributed by atoms with E-state index in [4.69, 9.17) is 11.5 Å². The van der Waals surface area contributed by atoms with Gasteiger partial charge in [0.15, 0.2) is 0 Å². The summed E-state index contributed by atoms with van der Waals surface area (Å²) in [6.07, 6.45) is -1.89. The van der Waals surface area contributed by atoms with Crippen LogP contribution in [0.1, 0.15) is 80.2 Å². The number of carboxylic acids is 1. The number of nitrogens with two attached hydrogens (primary N) is 2. The number of phenols is 1. The van der Waals surface area contributed by atoms with Crippen molar-refractivity contribution in [2.45, 2.75) is 129 Å². The van der Waals surface area contributed by atoms with Crippen molar-refractivity contribution in [3.8, 4) is 5.75 Å². The standard InChI is InChI=1S/C37H60N8O11/c1-9-19(6)29(31(39)50)44-32(51)20(7)40-36(55)28(18(4)5)43-35(54)25(14-17(2)3)41-34(53)26(16-27(48)49)42-37(56)30(21(8)46)45-33(52)24(38)15-22-10-12-23(47)13-11-22/h10-13,17-21,24-26,28-30,46-47H,9,14-16,38H2,1-8H3,(H2,39,50)(H,40,55)(H,41,53)(H,42,56)(H,43,54)(H,44,51)(H,45,52)(H,48,49). The summed E-state index contributed by atoms with van der Waals surface area (Å²) in [6, 6.07) is -3.41. The van der Waals surface area contributed by atoms with E-state index < -0.39 is 108 Å². The fourth-order valence-corrected chi connectivity index (χ4v) is 5.43. The van der Waals surface area contributed by atoms with Crippen molar-refractivity contribution in [1.29, 1.82) is 0 Å². The molecular weight excluding hydrogens is 732 g/mol. The van der Waals surface area contributed by atoms with E-state index >= 15 is 0 Å². The van der Waals surface area contributed by atoms with Crippen LogP contribution in [0.15, 0.2) is 24.3 Å². The summed E-state index contributed by atoms with van der Waals surface area (Å²) in [5.74, 6) is -8.51. The first-order valence-corrected chi connectivity index (χ1v) is 18.5. The predicted octanol–water partition coefficient (Wildman–Crippen LogP) is -1.72. The van der Waals surface area contributed by atoms with Crippen molar-refractivity contribution in [2.75, 3.05) is 0 Å². The second-order valence-electron chi connectivity index (χ2n) is 14.8. The largest absolute Gasteiger partial charge is 0.508 e. The number of primary amides is 1. The Morgan fingerprint density at radius 1 is 0.661 bits per heavy atom. The number of nitrogens with one attached hydrogen (secondary N) is 6.